The molecule has 0 spiro atoms. The Bertz CT molecular complexity index is 824. The fourth-order valence-electron chi connectivity index (χ4n) is 2.86. The highest BCUT2D eigenvalue weighted by Crippen LogP contribution is 2.39. The first-order valence-corrected chi connectivity index (χ1v) is 7.74. The second-order valence-electron chi connectivity index (χ2n) is 5.74. The number of nitro groups is 1. The third-order valence-corrected chi connectivity index (χ3v) is 4.15. The Morgan fingerprint density at radius 1 is 1.36 bits per heavy atom. The van der Waals surface area contributed by atoms with Gasteiger partial charge in [0.05, 0.1) is 22.7 Å². The molecule has 0 N–H and O–H groups in total. The largest absolute Gasteiger partial charge is 0.418 e. The topological polar surface area (TPSA) is 72.2 Å². The molecule has 1 aromatic carbocycles. The predicted octanol–water partition coefficient (Wildman–Crippen LogP) is 3.53. The minimum Gasteiger partial charge on any atom is -0.365 e. The molecule has 1 aliphatic heterocycles. The van der Waals surface area contributed by atoms with Gasteiger partial charge in [0.1, 0.15) is 5.82 Å². The van der Waals surface area contributed by atoms with Crippen LogP contribution in [0.2, 0.25) is 0 Å². The Labute approximate surface area is 141 Å². The highest BCUT2D eigenvalue weighted by Gasteiger charge is 2.37. The van der Waals surface area contributed by atoms with E-state index in [-0.39, 0.29) is 12.2 Å². The Morgan fingerprint density at radius 3 is 2.76 bits per heavy atom. The van der Waals surface area contributed by atoms with E-state index in [2.05, 4.69) is 9.97 Å². The van der Waals surface area contributed by atoms with Gasteiger partial charge in [0.2, 0.25) is 0 Å². The molecule has 1 aliphatic rings. The van der Waals surface area contributed by atoms with E-state index in [0.717, 1.165) is 17.7 Å². The van der Waals surface area contributed by atoms with Gasteiger partial charge < -0.3 is 4.90 Å². The fraction of sp³-hybridized carbons (Fsp3) is 0.375. The lowest BCUT2D eigenvalue weighted by Gasteiger charge is -2.31. The van der Waals surface area contributed by atoms with Crippen molar-refractivity contribution >= 4 is 11.4 Å². The summed E-state index contributed by atoms with van der Waals surface area (Å²) in [5, 5.41) is 10.8. The van der Waals surface area contributed by atoms with Gasteiger partial charge in [-0.2, -0.15) is 13.2 Å². The van der Waals surface area contributed by atoms with Crippen LogP contribution in [0.1, 0.15) is 29.6 Å². The van der Waals surface area contributed by atoms with Crippen molar-refractivity contribution in [3.63, 3.8) is 0 Å². The lowest BCUT2D eigenvalue weighted by atomic mass is 10.0. The molecule has 3 rings (SSSR count). The van der Waals surface area contributed by atoms with Gasteiger partial charge in [-0.25, -0.2) is 9.97 Å². The number of aryl methyl sites for hydroxylation is 1. The summed E-state index contributed by atoms with van der Waals surface area (Å²) in [7, 11) is 0. The number of alkyl halides is 3. The average molecular weight is 352 g/mol. The first-order valence-electron chi connectivity index (χ1n) is 7.74. The summed E-state index contributed by atoms with van der Waals surface area (Å²) in [4.78, 5) is 20.2. The van der Waals surface area contributed by atoms with Crippen molar-refractivity contribution in [1.82, 2.24) is 9.97 Å². The second kappa shape index (κ2) is 6.30. The van der Waals surface area contributed by atoms with E-state index in [1.165, 1.54) is 0 Å². The molecule has 0 bridgehead atoms. The van der Waals surface area contributed by atoms with Crippen LogP contribution >= 0.6 is 0 Å². The van der Waals surface area contributed by atoms with Crippen molar-refractivity contribution in [3.8, 4) is 0 Å². The van der Waals surface area contributed by atoms with Crippen molar-refractivity contribution in [3.05, 3.63) is 57.2 Å². The van der Waals surface area contributed by atoms with Crippen molar-refractivity contribution in [2.45, 2.75) is 32.5 Å². The number of rotatable bonds is 3. The van der Waals surface area contributed by atoms with Gasteiger partial charge in [-0.1, -0.05) is 6.92 Å². The molecule has 0 saturated carbocycles. The first-order chi connectivity index (χ1) is 11.8. The maximum atomic E-state index is 13.4. The smallest absolute Gasteiger partial charge is 0.365 e. The molecular weight excluding hydrogens is 337 g/mol. The number of anilines is 1. The highest BCUT2D eigenvalue weighted by atomic mass is 19.4. The summed E-state index contributed by atoms with van der Waals surface area (Å²) in [5.41, 5.74) is -0.0343. The molecular formula is C16H15F3N4O2. The molecule has 0 amide bonds. The van der Waals surface area contributed by atoms with Gasteiger partial charge in [-0.05, 0) is 18.1 Å². The number of hydrogen-bond acceptors (Lipinski definition) is 5. The van der Waals surface area contributed by atoms with Crippen LogP contribution in [0.25, 0.3) is 0 Å². The normalized spacial score (nSPS) is 14.3. The van der Waals surface area contributed by atoms with Gasteiger partial charge in [0.15, 0.2) is 0 Å². The molecule has 2 heterocycles. The van der Waals surface area contributed by atoms with E-state index in [0.29, 0.717) is 37.0 Å². The van der Waals surface area contributed by atoms with Crippen LogP contribution in [0.5, 0.6) is 0 Å². The zero-order valence-electron chi connectivity index (χ0n) is 13.4. The van der Waals surface area contributed by atoms with Crippen molar-refractivity contribution in [2.24, 2.45) is 0 Å². The number of halogens is 3. The average Bonchev–Trinajstić information content (AvgIpc) is 2.59. The molecule has 2 aromatic rings. The molecule has 1 aromatic heterocycles. The van der Waals surface area contributed by atoms with Crippen LogP contribution in [0.3, 0.4) is 0 Å². The van der Waals surface area contributed by atoms with Gasteiger partial charge >= 0.3 is 6.18 Å². The maximum absolute atomic E-state index is 13.4. The fourth-order valence-corrected chi connectivity index (χ4v) is 2.86. The van der Waals surface area contributed by atoms with Gasteiger partial charge in [-0.15, -0.1) is 0 Å². The summed E-state index contributed by atoms with van der Waals surface area (Å²) in [6, 6.07) is 2.84. The lowest BCUT2D eigenvalue weighted by Crippen LogP contribution is -2.33. The van der Waals surface area contributed by atoms with Crippen LogP contribution in [0.15, 0.2) is 24.4 Å². The van der Waals surface area contributed by atoms with E-state index < -0.39 is 22.4 Å². The summed E-state index contributed by atoms with van der Waals surface area (Å²) in [6.45, 7) is 2.48. The van der Waals surface area contributed by atoms with Gasteiger partial charge in [-0.3, -0.25) is 10.1 Å². The number of hydrogen-bond donors (Lipinski definition) is 0. The van der Waals surface area contributed by atoms with Crippen LogP contribution in [0, 0.1) is 10.1 Å². The zero-order chi connectivity index (χ0) is 18.2. The van der Waals surface area contributed by atoms with E-state index in [9.17, 15) is 23.3 Å². The Hall–Kier alpha value is -2.71. The first kappa shape index (κ1) is 17.1. The summed E-state index contributed by atoms with van der Waals surface area (Å²) < 4.78 is 40.2. The van der Waals surface area contributed by atoms with E-state index in [1.807, 2.05) is 6.92 Å². The third kappa shape index (κ3) is 3.40. The van der Waals surface area contributed by atoms with Gasteiger partial charge in [0, 0.05) is 37.0 Å². The second-order valence-corrected chi connectivity index (χ2v) is 5.74. The molecule has 132 valence electrons. The predicted molar refractivity (Wildman–Crippen MR) is 84.3 cm³/mol. The minimum atomic E-state index is -4.68. The van der Waals surface area contributed by atoms with E-state index in [4.69, 9.17) is 0 Å². The summed E-state index contributed by atoms with van der Waals surface area (Å²) >= 11 is 0. The van der Waals surface area contributed by atoms with Crippen molar-refractivity contribution < 1.29 is 18.1 Å². The van der Waals surface area contributed by atoms with Crippen LogP contribution in [0.4, 0.5) is 24.5 Å². The molecule has 0 fully saturated rings. The van der Waals surface area contributed by atoms with E-state index in [1.54, 1.807) is 11.1 Å². The number of non-ortho nitro benzene ring substituents is 1. The summed E-state index contributed by atoms with van der Waals surface area (Å²) in [5.74, 6) is 0.639. The molecule has 0 unspecified atom stereocenters. The number of fused-ring (bicyclic) bond motifs is 1. The Morgan fingerprint density at radius 2 is 2.12 bits per heavy atom. The highest BCUT2D eigenvalue weighted by molar-refractivity contribution is 5.60. The Kier molecular flexibility index (Phi) is 4.32. The monoisotopic (exact) mass is 352 g/mol. The third-order valence-electron chi connectivity index (χ3n) is 4.15. The molecule has 6 nitrogen and oxygen atoms in total. The van der Waals surface area contributed by atoms with Crippen LogP contribution in [-0.4, -0.2) is 21.4 Å². The van der Waals surface area contributed by atoms with Crippen LogP contribution in [-0.2, 0) is 25.6 Å². The number of aromatic nitrogens is 2. The van der Waals surface area contributed by atoms with Crippen molar-refractivity contribution in [2.75, 3.05) is 11.4 Å². The van der Waals surface area contributed by atoms with Crippen molar-refractivity contribution in [1.29, 1.82) is 0 Å². The number of nitro benzene ring substituents is 1. The minimum absolute atomic E-state index is 0.0691. The molecule has 0 radical (unpaired) electrons. The lowest BCUT2D eigenvalue weighted by molar-refractivity contribution is -0.385. The number of benzene rings is 1. The molecule has 25 heavy (non-hydrogen) atoms. The summed E-state index contributed by atoms with van der Waals surface area (Å²) in [6.07, 6.45) is -1.80. The maximum Gasteiger partial charge on any atom is 0.418 e. The molecule has 0 atom stereocenters. The SMILES string of the molecule is CCc1ncc2c(n1)CN(c1ccc([N+](=O)[O-])cc1C(F)(F)F)CC2. The van der Waals surface area contributed by atoms with Crippen LogP contribution < -0.4 is 4.90 Å². The Balaban J connectivity index is 2.00. The van der Waals surface area contributed by atoms with E-state index >= 15 is 0 Å². The standard InChI is InChI=1S/C16H15F3N4O2/c1-2-15-20-8-10-5-6-22(9-13(10)21-15)14-4-3-11(23(24)25)7-12(14)16(17,18)19/h3-4,7-8H,2,5-6,9H2,1H3. The quantitative estimate of drug-likeness (QED) is 0.624. The van der Waals surface area contributed by atoms with Gasteiger partial charge in [0.25, 0.3) is 5.69 Å². The number of nitrogens with zero attached hydrogens (tertiary/aromatic N) is 4. The molecule has 9 heteroatoms. The zero-order valence-corrected chi connectivity index (χ0v) is 13.4. The molecule has 0 aliphatic carbocycles. The molecule has 0 saturated heterocycles.